The Kier molecular flexibility index (Phi) is 4.01. The van der Waals surface area contributed by atoms with E-state index in [1.165, 1.54) is 18.6 Å². The average Bonchev–Trinajstić information content (AvgIpc) is 2.25. The van der Waals surface area contributed by atoms with Gasteiger partial charge in [-0.15, -0.1) is 0 Å². The van der Waals surface area contributed by atoms with Crippen LogP contribution in [0.15, 0.2) is 23.1 Å². The summed E-state index contributed by atoms with van der Waals surface area (Å²) in [6.45, 7) is 0.452. The molecule has 1 aromatic carbocycles. The molecular weight excluding hydrogens is 292 g/mol. The van der Waals surface area contributed by atoms with Gasteiger partial charge < -0.3 is 9.84 Å². The first-order chi connectivity index (χ1) is 8.88. The molecule has 0 saturated heterocycles. The van der Waals surface area contributed by atoms with Crippen molar-refractivity contribution in [1.82, 2.24) is 0 Å². The number of carbonyl (C=O) groups is 1. The molecule has 19 heavy (non-hydrogen) atoms. The predicted octanol–water partition coefficient (Wildman–Crippen LogP) is 2.49. The van der Waals surface area contributed by atoms with Crippen LogP contribution in [0.5, 0.6) is 5.75 Å². The lowest BCUT2D eigenvalue weighted by atomic mass is 9.86. The van der Waals surface area contributed by atoms with Crippen LogP contribution in [0.4, 0.5) is 0 Å². The number of hydrogen-bond donors (Lipinski definition) is 1. The van der Waals surface area contributed by atoms with Gasteiger partial charge in [-0.2, -0.15) is 0 Å². The molecule has 104 valence electrons. The van der Waals surface area contributed by atoms with Gasteiger partial charge in [-0.05, 0) is 37.0 Å². The minimum Gasteiger partial charge on any atom is -0.492 e. The Balaban J connectivity index is 2.24. The molecule has 0 heterocycles. The van der Waals surface area contributed by atoms with Crippen molar-refractivity contribution in [2.45, 2.75) is 24.2 Å². The Morgan fingerprint density at radius 2 is 2.11 bits per heavy atom. The van der Waals surface area contributed by atoms with Crippen molar-refractivity contribution in [1.29, 1.82) is 0 Å². The maximum Gasteiger partial charge on any atom is 0.339 e. The van der Waals surface area contributed by atoms with E-state index in [9.17, 15) is 13.2 Å². The van der Waals surface area contributed by atoms with Gasteiger partial charge in [0.1, 0.15) is 11.3 Å². The van der Waals surface area contributed by atoms with Gasteiger partial charge in [-0.25, -0.2) is 13.2 Å². The molecule has 0 bridgehead atoms. The molecule has 1 fully saturated rings. The van der Waals surface area contributed by atoms with Gasteiger partial charge in [0.15, 0.2) is 0 Å². The molecule has 5 nitrogen and oxygen atoms in total. The second-order valence-electron chi connectivity index (χ2n) is 4.51. The topological polar surface area (TPSA) is 80.7 Å². The maximum atomic E-state index is 11.2. The minimum absolute atomic E-state index is 0.170. The zero-order chi connectivity index (χ0) is 14.0. The summed E-state index contributed by atoms with van der Waals surface area (Å²) in [5, 5.41) is 9.07. The van der Waals surface area contributed by atoms with Crippen molar-refractivity contribution in [3.63, 3.8) is 0 Å². The maximum absolute atomic E-state index is 11.2. The number of aromatic carboxylic acids is 1. The van der Waals surface area contributed by atoms with Gasteiger partial charge in [0.2, 0.25) is 0 Å². The van der Waals surface area contributed by atoms with Crippen LogP contribution in [0.2, 0.25) is 0 Å². The highest BCUT2D eigenvalue weighted by Gasteiger charge is 2.21. The molecule has 1 aromatic rings. The average molecular weight is 305 g/mol. The number of halogens is 1. The first-order valence-corrected chi connectivity index (χ1v) is 8.13. The monoisotopic (exact) mass is 304 g/mol. The Labute approximate surface area is 115 Å². The summed E-state index contributed by atoms with van der Waals surface area (Å²) < 4.78 is 27.8. The van der Waals surface area contributed by atoms with Crippen LogP contribution in [0, 0.1) is 5.92 Å². The van der Waals surface area contributed by atoms with Crippen molar-refractivity contribution >= 4 is 25.7 Å². The van der Waals surface area contributed by atoms with E-state index in [0.29, 0.717) is 12.5 Å². The SMILES string of the molecule is O=C(O)c1cc(S(=O)(=O)Cl)ccc1OCC1CCC1. The van der Waals surface area contributed by atoms with Gasteiger partial charge in [-0.3, -0.25) is 0 Å². The number of rotatable bonds is 5. The van der Waals surface area contributed by atoms with Gasteiger partial charge in [0.25, 0.3) is 9.05 Å². The normalized spacial score (nSPS) is 15.8. The lowest BCUT2D eigenvalue weighted by molar-refractivity contribution is 0.0689. The summed E-state index contributed by atoms with van der Waals surface area (Å²) in [7, 11) is 1.24. The molecule has 0 radical (unpaired) electrons. The summed E-state index contributed by atoms with van der Waals surface area (Å²) in [6.07, 6.45) is 3.33. The van der Waals surface area contributed by atoms with E-state index in [1.807, 2.05) is 0 Å². The third-order valence-corrected chi connectivity index (χ3v) is 4.51. The highest BCUT2D eigenvalue weighted by molar-refractivity contribution is 8.13. The first kappa shape index (κ1) is 14.1. The highest BCUT2D eigenvalue weighted by atomic mass is 35.7. The van der Waals surface area contributed by atoms with E-state index in [1.54, 1.807) is 0 Å². The molecule has 0 amide bonds. The molecule has 7 heteroatoms. The molecule has 0 atom stereocenters. The summed E-state index contributed by atoms with van der Waals surface area (Å²) in [5.41, 5.74) is -0.193. The lowest BCUT2D eigenvalue weighted by Gasteiger charge is -2.25. The van der Waals surface area contributed by atoms with Gasteiger partial charge >= 0.3 is 5.97 Å². The van der Waals surface area contributed by atoms with E-state index in [-0.39, 0.29) is 16.2 Å². The number of carboxylic acids is 1. The van der Waals surface area contributed by atoms with Gasteiger partial charge in [0.05, 0.1) is 11.5 Å². The fraction of sp³-hybridized carbons (Fsp3) is 0.417. The Bertz CT molecular complexity index is 592. The van der Waals surface area contributed by atoms with E-state index >= 15 is 0 Å². The van der Waals surface area contributed by atoms with E-state index in [0.717, 1.165) is 18.9 Å². The van der Waals surface area contributed by atoms with Crippen molar-refractivity contribution in [3.05, 3.63) is 23.8 Å². The third-order valence-electron chi connectivity index (χ3n) is 3.16. The lowest BCUT2D eigenvalue weighted by Crippen LogP contribution is -2.20. The van der Waals surface area contributed by atoms with Crippen molar-refractivity contribution in [3.8, 4) is 5.75 Å². The Morgan fingerprint density at radius 3 is 2.58 bits per heavy atom. The molecule has 1 aliphatic carbocycles. The quantitative estimate of drug-likeness (QED) is 0.845. The van der Waals surface area contributed by atoms with Gasteiger partial charge in [0, 0.05) is 10.7 Å². The number of hydrogen-bond acceptors (Lipinski definition) is 4. The number of ether oxygens (including phenoxy) is 1. The first-order valence-electron chi connectivity index (χ1n) is 5.83. The summed E-state index contributed by atoms with van der Waals surface area (Å²) in [6, 6.07) is 3.59. The van der Waals surface area contributed by atoms with Crippen LogP contribution < -0.4 is 4.74 Å². The fourth-order valence-electron chi connectivity index (χ4n) is 1.82. The zero-order valence-corrected chi connectivity index (χ0v) is 11.6. The van der Waals surface area contributed by atoms with Crippen molar-refractivity contribution in [2.75, 3.05) is 6.61 Å². The molecular formula is C12H13ClO5S. The molecule has 0 unspecified atom stereocenters. The van der Waals surface area contributed by atoms with Crippen molar-refractivity contribution < 1.29 is 23.1 Å². The fourth-order valence-corrected chi connectivity index (χ4v) is 2.60. The van der Waals surface area contributed by atoms with Crippen LogP contribution in [-0.4, -0.2) is 26.1 Å². The summed E-state index contributed by atoms with van der Waals surface area (Å²) >= 11 is 0. The van der Waals surface area contributed by atoms with Crippen LogP contribution in [-0.2, 0) is 9.05 Å². The van der Waals surface area contributed by atoms with Crippen LogP contribution in [0.1, 0.15) is 29.6 Å². The highest BCUT2D eigenvalue weighted by Crippen LogP contribution is 2.29. The van der Waals surface area contributed by atoms with Crippen LogP contribution in [0.25, 0.3) is 0 Å². The van der Waals surface area contributed by atoms with E-state index in [2.05, 4.69) is 0 Å². The second-order valence-corrected chi connectivity index (χ2v) is 7.07. The minimum atomic E-state index is -3.95. The number of benzene rings is 1. The Hall–Kier alpha value is -1.27. The van der Waals surface area contributed by atoms with E-state index in [4.69, 9.17) is 20.5 Å². The van der Waals surface area contributed by atoms with Crippen molar-refractivity contribution in [2.24, 2.45) is 5.92 Å². The second kappa shape index (κ2) is 5.38. The van der Waals surface area contributed by atoms with Crippen LogP contribution >= 0.6 is 10.7 Å². The predicted molar refractivity (Wildman–Crippen MR) is 69.3 cm³/mol. The number of carboxylic acid groups (broad SMARTS) is 1. The zero-order valence-electron chi connectivity index (χ0n) is 10.0. The smallest absolute Gasteiger partial charge is 0.339 e. The molecule has 1 N–H and O–H groups in total. The molecule has 1 saturated carbocycles. The molecule has 0 aliphatic heterocycles. The standard InChI is InChI=1S/C12H13ClO5S/c13-19(16,17)9-4-5-11(10(6-9)12(14)15)18-7-8-2-1-3-8/h4-6,8H,1-3,7H2,(H,14,15). The molecule has 0 aromatic heterocycles. The molecule has 0 spiro atoms. The third kappa shape index (κ3) is 3.39. The Morgan fingerprint density at radius 1 is 1.42 bits per heavy atom. The summed E-state index contributed by atoms with van der Waals surface area (Å²) in [4.78, 5) is 10.9. The molecule has 2 rings (SSSR count). The summed E-state index contributed by atoms with van der Waals surface area (Å²) in [5.74, 6) is -0.618. The molecule has 1 aliphatic rings. The van der Waals surface area contributed by atoms with E-state index < -0.39 is 15.0 Å². The van der Waals surface area contributed by atoms with Gasteiger partial charge in [-0.1, -0.05) is 6.42 Å². The van der Waals surface area contributed by atoms with Crippen LogP contribution in [0.3, 0.4) is 0 Å². The largest absolute Gasteiger partial charge is 0.492 e.